The average Bonchev–Trinajstić information content (AvgIpc) is 2.35. The summed E-state index contributed by atoms with van der Waals surface area (Å²) in [5.41, 5.74) is -0.848. The summed E-state index contributed by atoms with van der Waals surface area (Å²) in [6.45, 7) is 0.848. The fraction of sp³-hybridized carbons (Fsp3) is 0.182. The van der Waals surface area contributed by atoms with E-state index in [9.17, 15) is 24.5 Å². The summed E-state index contributed by atoms with van der Waals surface area (Å²) in [6.07, 6.45) is 0. The van der Waals surface area contributed by atoms with Gasteiger partial charge in [-0.3, -0.25) is 19.7 Å². The molecule has 0 heterocycles. The molecule has 0 bridgehead atoms. The number of carbonyl (C=O) groups is 3. The first kappa shape index (κ1) is 15.1. The highest BCUT2D eigenvalue weighted by atomic mass is 16.6. The number of hydrogen-bond acceptors (Lipinski definition) is 5. The standard InChI is InChI=1S/C11H11N3O6/c1-6(15)12-5-10(16)13-9-4-7(14(19)20)2-3-8(9)11(17)18/h2-4H,5H2,1H3,(H,12,15)(H,13,16)(H,17,18). The Labute approximate surface area is 112 Å². The lowest BCUT2D eigenvalue weighted by Gasteiger charge is -2.08. The van der Waals surface area contributed by atoms with Crippen molar-refractivity contribution in [2.24, 2.45) is 0 Å². The fourth-order valence-corrected chi connectivity index (χ4v) is 1.33. The van der Waals surface area contributed by atoms with Crippen LogP contribution in [-0.2, 0) is 9.59 Å². The number of hydrogen-bond donors (Lipinski definition) is 3. The van der Waals surface area contributed by atoms with Crippen molar-refractivity contribution >= 4 is 29.2 Å². The summed E-state index contributed by atoms with van der Waals surface area (Å²) in [4.78, 5) is 43.0. The van der Waals surface area contributed by atoms with Gasteiger partial charge in [-0.2, -0.15) is 0 Å². The van der Waals surface area contributed by atoms with Gasteiger partial charge in [-0.05, 0) is 6.07 Å². The van der Waals surface area contributed by atoms with Crippen LogP contribution in [0.1, 0.15) is 17.3 Å². The number of rotatable bonds is 5. The Morgan fingerprint density at radius 2 is 2.00 bits per heavy atom. The zero-order valence-corrected chi connectivity index (χ0v) is 10.4. The van der Waals surface area contributed by atoms with E-state index in [0.717, 1.165) is 18.2 Å². The second-order valence-electron chi connectivity index (χ2n) is 3.75. The highest BCUT2D eigenvalue weighted by Gasteiger charge is 2.17. The molecular formula is C11H11N3O6. The first-order chi connectivity index (χ1) is 9.31. The number of nitrogens with zero attached hydrogens (tertiary/aromatic N) is 1. The van der Waals surface area contributed by atoms with E-state index in [1.165, 1.54) is 6.92 Å². The maximum Gasteiger partial charge on any atom is 0.337 e. The largest absolute Gasteiger partial charge is 0.478 e. The van der Waals surface area contributed by atoms with Crippen molar-refractivity contribution in [2.75, 3.05) is 11.9 Å². The minimum Gasteiger partial charge on any atom is -0.478 e. The van der Waals surface area contributed by atoms with E-state index in [4.69, 9.17) is 5.11 Å². The van der Waals surface area contributed by atoms with Gasteiger partial charge in [0, 0.05) is 19.1 Å². The number of carboxylic acids is 1. The van der Waals surface area contributed by atoms with Gasteiger partial charge in [0.1, 0.15) is 0 Å². The summed E-state index contributed by atoms with van der Waals surface area (Å²) < 4.78 is 0. The molecule has 0 aliphatic carbocycles. The zero-order valence-electron chi connectivity index (χ0n) is 10.4. The van der Waals surface area contributed by atoms with Crippen molar-refractivity contribution in [3.05, 3.63) is 33.9 Å². The predicted molar refractivity (Wildman–Crippen MR) is 67.4 cm³/mol. The number of aromatic carboxylic acids is 1. The van der Waals surface area contributed by atoms with Crippen molar-refractivity contribution < 1.29 is 24.4 Å². The molecule has 0 radical (unpaired) electrons. The van der Waals surface area contributed by atoms with Crippen LogP contribution in [0.15, 0.2) is 18.2 Å². The molecule has 1 aromatic carbocycles. The Morgan fingerprint density at radius 1 is 1.35 bits per heavy atom. The van der Waals surface area contributed by atoms with Gasteiger partial charge in [0.25, 0.3) is 5.69 Å². The fourth-order valence-electron chi connectivity index (χ4n) is 1.33. The molecule has 0 atom stereocenters. The number of carbonyl (C=O) groups excluding carboxylic acids is 2. The van der Waals surface area contributed by atoms with E-state index in [-0.39, 0.29) is 23.5 Å². The zero-order chi connectivity index (χ0) is 15.3. The van der Waals surface area contributed by atoms with Gasteiger partial charge in [0.2, 0.25) is 11.8 Å². The number of benzene rings is 1. The van der Waals surface area contributed by atoms with E-state index in [1.54, 1.807) is 0 Å². The van der Waals surface area contributed by atoms with E-state index < -0.39 is 22.7 Å². The van der Waals surface area contributed by atoms with Crippen LogP contribution in [0.4, 0.5) is 11.4 Å². The molecular weight excluding hydrogens is 270 g/mol. The van der Waals surface area contributed by atoms with Crippen LogP contribution in [0.25, 0.3) is 0 Å². The molecule has 0 fully saturated rings. The number of anilines is 1. The smallest absolute Gasteiger partial charge is 0.337 e. The molecule has 9 nitrogen and oxygen atoms in total. The molecule has 1 rings (SSSR count). The summed E-state index contributed by atoms with van der Waals surface area (Å²) in [5.74, 6) is -2.46. The maximum absolute atomic E-state index is 11.5. The second kappa shape index (κ2) is 6.27. The molecule has 0 aromatic heterocycles. The van der Waals surface area contributed by atoms with Crippen LogP contribution in [0.2, 0.25) is 0 Å². The third-order valence-corrected chi connectivity index (χ3v) is 2.22. The first-order valence-corrected chi connectivity index (χ1v) is 5.37. The van der Waals surface area contributed by atoms with Gasteiger partial charge in [0.05, 0.1) is 22.7 Å². The van der Waals surface area contributed by atoms with Crippen molar-refractivity contribution in [1.82, 2.24) is 5.32 Å². The van der Waals surface area contributed by atoms with Gasteiger partial charge in [-0.15, -0.1) is 0 Å². The van der Waals surface area contributed by atoms with Crippen LogP contribution in [-0.4, -0.2) is 34.4 Å². The van der Waals surface area contributed by atoms with Crippen LogP contribution < -0.4 is 10.6 Å². The van der Waals surface area contributed by atoms with Crippen molar-refractivity contribution in [1.29, 1.82) is 0 Å². The molecule has 2 amide bonds. The Morgan fingerprint density at radius 3 is 2.50 bits per heavy atom. The van der Waals surface area contributed by atoms with Gasteiger partial charge in [-0.25, -0.2) is 4.79 Å². The summed E-state index contributed by atoms with van der Waals surface area (Å²) in [6, 6.07) is 2.98. The minimum atomic E-state index is -1.34. The van der Waals surface area contributed by atoms with Gasteiger partial charge in [-0.1, -0.05) is 0 Å². The molecule has 3 N–H and O–H groups in total. The Bertz CT molecular complexity index is 584. The molecule has 0 aliphatic rings. The van der Waals surface area contributed by atoms with E-state index in [0.29, 0.717) is 0 Å². The summed E-state index contributed by atoms with van der Waals surface area (Å²) >= 11 is 0. The first-order valence-electron chi connectivity index (χ1n) is 5.37. The molecule has 0 saturated carbocycles. The number of carboxylic acid groups (broad SMARTS) is 1. The molecule has 0 unspecified atom stereocenters. The summed E-state index contributed by atoms with van der Waals surface area (Å²) in [5, 5.41) is 24.0. The predicted octanol–water partition coefficient (Wildman–Crippen LogP) is 0.368. The van der Waals surface area contributed by atoms with Crippen molar-refractivity contribution in [2.45, 2.75) is 6.92 Å². The number of nitro groups is 1. The number of amides is 2. The quantitative estimate of drug-likeness (QED) is 0.526. The lowest BCUT2D eigenvalue weighted by atomic mass is 10.1. The van der Waals surface area contributed by atoms with Gasteiger partial charge in [0.15, 0.2) is 0 Å². The molecule has 0 spiro atoms. The molecule has 0 aliphatic heterocycles. The SMILES string of the molecule is CC(=O)NCC(=O)Nc1cc([N+](=O)[O-])ccc1C(=O)O. The maximum atomic E-state index is 11.5. The van der Waals surface area contributed by atoms with Crippen molar-refractivity contribution in [3.63, 3.8) is 0 Å². The van der Waals surface area contributed by atoms with E-state index in [2.05, 4.69) is 10.6 Å². The lowest BCUT2D eigenvalue weighted by molar-refractivity contribution is -0.384. The number of nitrogens with one attached hydrogen (secondary N) is 2. The topological polar surface area (TPSA) is 139 Å². The lowest BCUT2D eigenvalue weighted by Crippen LogP contribution is -2.31. The Balaban J connectivity index is 2.98. The highest BCUT2D eigenvalue weighted by molar-refractivity contribution is 6.02. The average molecular weight is 281 g/mol. The van der Waals surface area contributed by atoms with Gasteiger partial charge >= 0.3 is 5.97 Å². The molecule has 20 heavy (non-hydrogen) atoms. The van der Waals surface area contributed by atoms with Crippen LogP contribution in [0, 0.1) is 10.1 Å². The minimum absolute atomic E-state index is 0.206. The normalized spacial score (nSPS) is 9.65. The van der Waals surface area contributed by atoms with E-state index >= 15 is 0 Å². The van der Waals surface area contributed by atoms with Crippen LogP contribution >= 0.6 is 0 Å². The summed E-state index contributed by atoms with van der Waals surface area (Å²) in [7, 11) is 0. The molecule has 106 valence electrons. The van der Waals surface area contributed by atoms with Gasteiger partial charge < -0.3 is 15.7 Å². The molecule has 1 aromatic rings. The number of nitro benzene ring substituents is 1. The highest BCUT2D eigenvalue weighted by Crippen LogP contribution is 2.22. The third-order valence-electron chi connectivity index (χ3n) is 2.22. The monoisotopic (exact) mass is 281 g/mol. The van der Waals surface area contributed by atoms with Crippen LogP contribution in [0.3, 0.4) is 0 Å². The third kappa shape index (κ3) is 4.05. The molecule has 9 heteroatoms. The number of non-ortho nitro benzene ring substituents is 1. The molecule has 0 saturated heterocycles. The van der Waals surface area contributed by atoms with Crippen LogP contribution in [0.5, 0.6) is 0 Å². The Kier molecular flexibility index (Phi) is 4.73. The van der Waals surface area contributed by atoms with E-state index in [1.807, 2.05) is 0 Å². The van der Waals surface area contributed by atoms with Crippen molar-refractivity contribution in [3.8, 4) is 0 Å². The second-order valence-corrected chi connectivity index (χ2v) is 3.75. The Hall–Kier alpha value is -2.97.